The molecule has 0 fully saturated rings. The lowest BCUT2D eigenvalue weighted by Crippen LogP contribution is -2.31. The second kappa shape index (κ2) is 13.4. The third-order valence-corrected chi connectivity index (χ3v) is 7.32. The molecule has 210 valence electrons. The smallest absolute Gasteiger partial charge is 0.357 e. The summed E-state index contributed by atoms with van der Waals surface area (Å²) in [5.41, 5.74) is 1.91. The Balaban J connectivity index is 1.30. The van der Waals surface area contributed by atoms with Crippen molar-refractivity contribution in [1.82, 2.24) is 15.0 Å². The van der Waals surface area contributed by atoms with E-state index in [2.05, 4.69) is 10.3 Å². The molecule has 4 rings (SSSR count). The first kappa shape index (κ1) is 29.0. The molecule has 1 heterocycles. The predicted octanol–water partition coefficient (Wildman–Crippen LogP) is 3.54. The van der Waals surface area contributed by atoms with E-state index in [9.17, 15) is 22.8 Å². The van der Waals surface area contributed by atoms with Gasteiger partial charge < -0.3 is 14.8 Å². The van der Waals surface area contributed by atoms with Crippen molar-refractivity contribution in [2.75, 3.05) is 13.7 Å². The van der Waals surface area contributed by atoms with Crippen LogP contribution in [0.1, 0.15) is 42.3 Å². The highest BCUT2D eigenvalue weighted by Crippen LogP contribution is 2.17. The second-order valence-electron chi connectivity index (χ2n) is 8.77. The van der Waals surface area contributed by atoms with Crippen molar-refractivity contribution in [3.8, 4) is 5.75 Å². The maximum absolute atomic E-state index is 12.7. The first-order chi connectivity index (χ1) is 19.8. The first-order valence-electron chi connectivity index (χ1n) is 12.5. The largest absolute Gasteiger partial charge is 0.496 e. The highest BCUT2D eigenvalue weighted by Gasteiger charge is 2.20. The number of nitrogens with zero attached hydrogens (tertiary/aromatic N) is 1. The molecule has 0 atom stereocenters. The predicted molar refractivity (Wildman–Crippen MR) is 150 cm³/mol. The molecule has 0 bridgehead atoms. The van der Waals surface area contributed by atoms with E-state index >= 15 is 0 Å². The fourth-order valence-electron chi connectivity index (χ4n) is 3.79. The molecule has 4 aromatic rings. The second-order valence-corrected chi connectivity index (χ2v) is 10.5. The first-order valence-corrected chi connectivity index (χ1v) is 14.0. The molecule has 0 aliphatic heterocycles. The minimum absolute atomic E-state index is 0.0305. The average Bonchev–Trinajstić information content (AvgIpc) is 3.00. The number of ether oxygens (including phenoxy) is 2. The lowest BCUT2D eigenvalue weighted by molar-refractivity contribution is 0.0465. The van der Waals surface area contributed by atoms with Crippen LogP contribution in [0.15, 0.2) is 102 Å². The van der Waals surface area contributed by atoms with Gasteiger partial charge >= 0.3 is 5.97 Å². The summed E-state index contributed by atoms with van der Waals surface area (Å²) in [5.74, 6) is -1.26. The van der Waals surface area contributed by atoms with Gasteiger partial charge in [-0.25, -0.2) is 22.9 Å². The summed E-state index contributed by atoms with van der Waals surface area (Å²) in [4.78, 5) is 41.0. The molecule has 11 heteroatoms. The van der Waals surface area contributed by atoms with Crippen molar-refractivity contribution < 1.29 is 32.3 Å². The Bertz CT molecular complexity index is 1620. The van der Waals surface area contributed by atoms with Gasteiger partial charge in [0.2, 0.25) is 0 Å². The Morgan fingerprint density at radius 2 is 1.49 bits per heavy atom. The van der Waals surface area contributed by atoms with Crippen LogP contribution < -0.4 is 14.8 Å². The summed E-state index contributed by atoms with van der Waals surface area (Å²) in [7, 11) is -2.66. The average molecular weight is 574 g/mol. The monoisotopic (exact) mass is 573 g/mol. The van der Waals surface area contributed by atoms with Crippen molar-refractivity contribution in [1.29, 1.82) is 0 Å². The van der Waals surface area contributed by atoms with Crippen LogP contribution in [0, 0.1) is 0 Å². The molecule has 2 amide bonds. The third kappa shape index (κ3) is 7.76. The molecule has 0 aliphatic rings. The van der Waals surface area contributed by atoms with Crippen molar-refractivity contribution in [3.63, 3.8) is 0 Å². The van der Waals surface area contributed by atoms with Gasteiger partial charge in [0.15, 0.2) is 0 Å². The highest BCUT2D eigenvalue weighted by atomic mass is 32.2. The summed E-state index contributed by atoms with van der Waals surface area (Å²) >= 11 is 0. The minimum atomic E-state index is -4.24. The van der Waals surface area contributed by atoms with Gasteiger partial charge in [-0.15, -0.1) is 0 Å². The number of para-hydroxylation sites is 1. The molecule has 41 heavy (non-hydrogen) atoms. The van der Waals surface area contributed by atoms with Crippen LogP contribution in [0.4, 0.5) is 0 Å². The van der Waals surface area contributed by atoms with Gasteiger partial charge in [0, 0.05) is 18.3 Å². The Morgan fingerprint density at radius 3 is 2.17 bits per heavy atom. The number of esters is 1. The summed E-state index contributed by atoms with van der Waals surface area (Å²) in [5, 5.41) is 2.79. The van der Waals surface area contributed by atoms with Gasteiger partial charge in [-0.2, -0.15) is 0 Å². The Labute approximate surface area is 237 Å². The number of amides is 2. The summed E-state index contributed by atoms with van der Waals surface area (Å²) in [6.45, 7) is 0.415. The SMILES string of the molecule is COc1ccccc1CCNC(=O)c1ccc(S(=O)(=O)NC(=O)c2ccc(C(=O)OCc3ccccc3)nc2)cc1. The number of carbonyl (C=O) groups is 3. The number of aromatic nitrogens is 1. The van der Waals surface area contributed by atoms with Crippen LogP contribution in [-0.4, -0.2) is 44.8 Å². The van der Waals surface area contributed by atoms with Gasteiger partial charge in [0.1, 0.15) is 18.1 Å². The van der Waals surface area contributed by atoms with E-state index in [1.54, 1.807) is 7.11 Å². The van der Waals surface area contributed by atoms with Crippen LogP contribution in [0.5, 0.6) is 5.75 Å². The van der Waals surface area contributed by atoms with Crippen molar-refractivity contribution >= 4 is 27.8 Å². The third-order valence-electron chi connectivity index (χ3n) is 5.97. The number of benzene rings is 3. The van der Waals surface area contributed by atoms with Crippen LogP contribution in [0.25, 0.3) is 0 Å². The van der Waals surface area contributed by atoms with E-state index in [1.165, 1.54) is 36.4 Å². The number of carbonyl (C=O) groups excluding carboxylic acids is 3. The standard InChI is InChI=1S/C30H27N3O7S/c1-39-27-10-6-5-9-22(27)17-18-31-28(34)23-11-14-25(15-12-23)41(37,38)33-29(35)24-13-16-26(32-19-24)30(36)40-20-21-7-3-2-4-8-21/h2-16,19H,17-18,20H2,1H3,(H,31,34)(H,33,35). The van der Waals surface area contributed by atoms with Crippen LogP contribution in [0.2, 0.25) is 0 Å². The number of methoxy groups -OCH3 is 1. The van der Waals surface area contributed by atoms with Crippen molar-refractivity contribution in [3.05, 3.63) is 125 Å². The molecule has 2 N–H and O–H groups in total. The van der Waals surface area contributed by atoms with E-state index in [4.69, 9.17) is 9.47 Å². The van der Waals surface area contributed by atoms with E-state index in [0.29, 0.717) is 13.0 Å². The van der Waals surface area contributed by atoms with Gasteiger partial charge in [-0.1, -0.05) is 48.5 Å². The number of nitrogens with one attached hydrogen (secondary N) is 2. The molecule has 0 aliphatic carbocycles. The fraction of sp³-hybridized carbons (Fsp3) is 0.133. The zero-order valence-electron chi connectivity index (χ0n) is 22.1. The van der Waals surface area contributed by atoms with E-state index in [-0.39, 0.29) is 34.2 Å². The molecular formula is C30H27N3O7S. The lowest BCUT2D eigenvalue weighted by Gasteiger charge is -2.10. The van der Waals surface area contributed by atoms with Crippen LogP contribution in [0.3, 0.4) is 0 Å². The molecule has 0 radical (unpaired) electrons. The highest BCUT2D eigenvalue weighted by molar-refractivity contribution is 7.90. The zero-order chi connectivity index (χ0) is 29.2. The molecule has 10 nitrogen and oxygen atoms in total. The number of rotatable bonds is 11. The van der Waals surface area contributed by atoms with Gasteiger partial charge in [0.25, 0.3) is 21.8 Å². The topological polar surface area (TPSA) is 141 Å². The molecule has 0 unspecified atom stereocenters. The van der Waals surface area contributed by atoms with E-state index in [0.717, 1.165) is 23.1 Å². The summed E-state index contributed by atoms with van der Waals surface area (Å²) < 4.78 is 37.9. The molecule has 0 saturated heterocycles. The maximum Gasteiger partial charge on any atom is 0.357 e. The fourth-order valence-corrected chi connectivity index (χ4v) is 4.77. The number of sulfonamides is 1. The zero-order valence-corrected chi connectivity index (χ0v) is 22.9. The van der Waals surface area contributed by atoms with Gasteiger partial charge in [-0.3, -0.25) is 9.59 Å². The Hall–Kier alpha value is -5.03. The van der Waals surface area contributed by atoms with Crippen LogP contribution >= 0.6 is 0 Å². The molecule has 3 aromatic carbocycles. The number of pyridine rings is 1. The minimum Gasteiger partial charge on any atom is -0.496 e. The normalized spacial score (nSPS) is 10.9. The molecule has 1 aromatic heterocycles. The Kier molecular flexibility index (Phi) is 9.43. The lowest BCUT2D eigenvalue weighted by atomic mass is 10.1. The van der Waals surface area contributed by atoms with E-state index < -0.39 is 21.9 Å². The molecule has 0 spiro atoms. The van der Waals surface area contributed by atoms with Gasteiger partial charge in [0.05, 0.1) is 17.6 Å². The quantitative estimate of drug-likeness (QED) is 0.260. The summed E-state index contributed by atoms with van der Waals surface area (Å²) in [6, 6.07) is 24.3. The Morgan fingerprint density at radius 1 is 0.805 bits per heavy atom. The van der Waals surface area contributed by atoms with Crippen molar-refractivity contribution in [2.45, 2.75) is 17.9 Å². The summed E-state index contributed by atoms with van der Waals surface area (Å²) in [6.07, 6.45) is 1.64. The maximum atomic E-state index is 12.7. The number of hydrogen-bond donors (Lipinski definition) is 2. The van der Waals surface area contributed by atoms with E-state index in [1.807, 2.05) is 59.3 Å². The number of hydrogen-bond acceptors (Lipinski definition) is 8. The van der Waals surface area contributed by atoms with Crippen LogP contribution in [-0.2, 0) is 27.8 Å². The molecule has 0 saturated carbocycles. The van der Waals surface area contributed by atoms with Gasteiger partial charge in [-0.05, 0) is 60.0 Å². The molecular weight excluding hydrogens is 546 g/mol. The van der Waals surface area contributed by atoms with Crippen molar-refractivity contribution in [2.24, 2.45) is 0 Å².